The summed E-state index contributed by atoms with van der Waals surface area (Å²) in [5.74, 6) is -0.577. The largest absolute Gasteiger partial charge is 0.374 e. The van der Waals surface area contributed by atoms with Crippen LogP contribution < -0.4 is 11.1 Å². The molecule has 3 N–H and O–H groups in total. The lowest BCUT2D eigenvalue weighted by Gasteiger charge is -2.28. The van der Waals surface area contributed by atoms with Crippen LogP contribution in [0.5, 0.6) is 0 Å². The first-order valence-electron chi connectivity index (χ1n) is 7.65. The van der Waals surface area contributed by atoms with Crippen molar-refractivity contribution >= 4 is 34.8 Å². The van der Waals surface area contributed by atoms with E-state index < -0.39 is 5.91 Å². The van der Waals surface area contributed by atoms with E-state index in [1.807, 2.05) is 0 Å². The Kier molecular flexibility index (Phi) is 6.06. The van der Waals surface area contributed by atoms with Crippen LogP contribution in [0.2, 0.25) is 0 Å². The average Bonchev–Trinajstić information content (AvgIpc) is 2.53. The van der Waals surface area contributed by atoms with Crippen LogP contribution in [0, 0.1) is 0 Å². The molecule has 2 rings (SSSR count). The van der Waals surface area contributed by atoms with E-state index >= 15 is 0 Å². The lowest BCUT2D eigenvalue weighted by molar-refractivity contribution is -0.126. The molecule has 23 heavy (non-hydrogen) atoms. The van der Waals surface area contributed by atoms with E-state index in [-0.39, 0.29) is 17.1 Å². The SMILES string of the molecule is CC(=O)Nc1ccc(C(=O)N(OC2CCCCC2)C(N)=S)cc1. The summed E-state index contributed by atoms with van der Waals surface area (Å²) in [5.41, 5.74) is 6.65. The normalized spacial score (nSPS) is 15.0. The summed E-state index contributed by atoms with van der Waals surface area (Å²) in [7, 11) is 0. The highest BCUT2D eigenvalue weighted by molar-refractivity contribution is 7.80. The van der Waals surface area contributed by atoms with Crippen LogP contribution in [0.25, 0.3) is 0 Å². The molecule has 0 bridgehead atoms. The number of carbonyl (C=O) groups excluding carboxylic acids is 2. The molecule has 1 aromatic carbocycles. The summed E-state index contributed by atoms with van der Waals surface area (Å²) >= 11 is 4.95. The van der Waals surface area contributed by atoms with Crippen LogP contribution in [0.1, 0.15) is 49.4 Å². The van der Waals surface area contributed by atoms with Gasteiger partial charge < -0.3 is 11.1 Å². The number of nitrogens with two attached hydrogens (primary N) is 1. The summed E-state index contributed by atoms with van der Waals surface area (Å²) in [6.45, 7) is 1.42. The number of benzene rings is 1. The van der Waals surface area contributed by atoms with Gasteiger partial charge in [-0.05, 0) is 49.3 Å². The molecule has 1 aromatic rings. The van der Waals surface area contributed by atoms with Gasteiger partial charge in [-0.1, -0.05) is 19.3 Å². The van der Waals surface area contributed by atoms with E-state index in [0.717, 1.165) is 30.7 Å². The van der Waals surface area contributed by atoms with Gasteiger partial charge in [-0.25, -0.2) is 0 Å². The quantitative estimate of drug-likeness (QED) is 0.652. The van der Waals surface area contributed by atoms with Crippen LogP contribution in [0.4, 0.5) is 5.69 Å². The van der Waals surface area contributed by atoms with Gasteiger partial charge in [0.15, 0.2) is 5.11 Å². The Balaban J connectivity index is 2.07. The van der Waals surface area contributed by atoms with Crippen molar-refractivity contribution in [2.45, 2.75) is 45.1 Å². The van der Waals surface area contributed by atoms with E-state index in [4.69, 9.17) is 22.8 Å². The summed E-state index contributed by atoms with van der Waals surface area (Å²) in [4.78, 5) is 29.3. The molecule has 0 aromatic heterocycles. The van der Waals surface area contributed by atoms with Gasteiger partial charge in [-0.15, -0.1) is 0 Å². The fraction of sp³-hybridized carbons (Fsp3) is 0.438. The summed E-state index contributed by atoms with van der Waals surface area (Å²) < 4.78 is 0. The fourth-order valence-electron chi connectivity index (χ4n) is 2.54. The van der Waals surface area contributed by atoms with E-state index in [0.29, 0.717) is 11.3 Å². The van der Waals surface area contributed by atoms with Crippen LogP contribution in [0.3, 0.4) is 0 Å². The van der Waals surface area contributed by atoms with Crippen molar-refractivity contribution in [1.29, 1.82) is 0 Å². The van der Waals surface area contributed by atoms with E-state index in [1.54, 1.807) is 24.3 Å². The molecule has 0 unspecified atom stereocenters. The standard InChI is InChI=1S/C16H21N3O3S/c1-11(20)18-13-9-7-12(8-10-13)15(21)19(16(17)23)22-14-5-3-2-4-6-14/h7-10,14H,2-6H2,1H3,(H2,17,23)(H,18,20). The van der Waals surface area contributed by atoms with Gasteiger partial charge in [0.05, 0.1) is 6.10 Å². The number of hydrogen-bond acceptors (Lipinski definition) is 4. The van der Waals surface area contributed by atoms with E-state index in [2.05, 4.69) is 5.32 Å². The van der Waals surface area contributed by atoms with Crippen LogP contribution in [0.15, 0.2) is 24.3 Å². The molecular formula is C16H21N3O3S. The lowest BCUT2D eigenvalue weighted by atomic mass is 9.98. The van der Waals surface area contributed by atoms with Crippen molar-refractivity contribution in [2.24, 2.45) is 5.73 Å². The molecule has 1 aliphatic rings. The topological polar surface area (TPSA) is 84.7 Å². The minimum Gasteiger partial charge on any atom is -0.374 e. The molecule has 1 aliphatic carbocycles. The first-order chi connectivity index (χ1) is 11.0. The maximum atomic E-state index is 12.5. The molecule has 6 nitrogen and oxygen atoms in total. The number of anilines is 1. The molecule has 0 radical (unpaired) electrons. The van der Waals surface area contributed by atoms with Crippen molar-refractivity contribution in [1.82, 2.24) is 5.06 Å². The van der Waals surface area contributed by atoms with Crippen LogP contribution in [-0.2, 0) is 9.63 Å². The highest BCUT2D eigenvalue weighted by atomic mass is 32.1. The zero-order valence-corrected chi connectivity index (χ0v) is 13.9. The number of amides is 2. The number of carbonyl (C=O) groups is 2. The Hall–Kier alpha value is -1.99. The van der Waals surface area contributed by atoms with Crippen LogP contribution in [-0.4, -0.2) is 28.1 Å². The highest BCUT2D eigenvalue weighted by Gasteiger charge is 2.25. The number of hydroxylamine groups is 2. The number of nitrogens with one attached hydrogen (secondary N) is 1. The van der Waals surface area contributed by atoms with Crippen molar-refractivity contribution < 1.29 is 14.4 Å². The molecule has 124 valence electrons. The van der Waals surface area contributed by atoms with Crippen molar-refractivity contribution in [3.8, 4) is 0 Å². The van der Waals surface area contributed by atoms with Crippen molar-refractivity contribution in [3.05, 3.63) is 29.8 Å². The summed E-state index contributed by atoms with van der Waals surface area (Å²) in [5, 5.41) is 3.54. The predicted octanol–water partition coefficient (Wildman–Crippen LogP) is 2.60. The maximum Gasteiger partial charge on any atom is 0.284 e. The van der Waals surface area contributed by atoms with Gasteiger partial charge in [0.25, 0.3) is 5.91 Å². The molecule has 0 aliphatic heterocycles. The lowest BCUT2D eigenvalue weighted by Crippen LogP contribution is -2.43. The molecule has 1 fully saturated rings. The van der Waals surface area contributed by atoms with E-state index in [1.165, 1.54) is 13.3 Å². The first kappa shape index (κ1) is 17.4. The molecule has 1 saturated carbocycles. The maximum absolute atomic E-state index is 12.5. The Morgan fingerprint density at radius 1 is 1.22 bits per heavy atom. The Morgan fingerprint density at radius 3 is 2.35 bits per heavy atom. The molecule has 0 spiro atoms. The first-order valence-corrected chi connectivity index (χ1v) is 8.06. The second-order valence-electron chi connectivity index (χ2n) is 5.56. The van der Waals surface area contributed by atoms with Gasteiger partial charge in [-0.3, -0.25) is 14.4 Å². The second-order valence-corrected chi connectivity index (χ2v) is 5.98. The molecule has 7 heteroatoms. The van der Waals surface area contributed by atoms with Gasteiger partial charge >= 0.3 is 0 Å². The van der Waals surface area contributed by atoms with Crippen molar-refractivity contribution in [2.75, 3.05) is 5.32 Å². The number of rotatable bonds is 4. The smallest absolute Gasteiger partial charge is 0.284 e. The molecule has 0 heterocycles. The second kappa shape index (κ2) is 8.03. The third kappa shape index (κ3) is 5.01. The van der Waals surface area contributed by atoms with Crippen LogP contribution >= 0.6 is 12.2 Å². The van der Waals surface area contributed by atoms with Gasteiger partial charge in [0, 0.05) is 18.2 Å². The highest BCUT2D eigenvalue weighted by Crippen LogP contribution is 2.22. The summed E-state index contributed by atoms with van der Waals surface area (Å²) in [6, 6.07) is 6.49. The Bertz CT molecular complexity index is 583. The average molecular weight is 335 g/mol. The third-order valence-electron chi connectivity index (χ3n) is 3.64. The zero-order valence-electron chi connectivity index (χ0n) is 13.1. The monoisotopic (exact) mass is 335 g/mol. The minimum atomic E-state index is -0.405. The van der Waals surface area contributed by atoms with Gasteiger partial charge in [0.2, 0.25) is 5.91 Å². The predicted molar refractivity (Wildman–Crippen MR) is 91.7 cm³/mol. The van der Waals surface area contributed by atoms with Gasteiger partial charge in [0.1, 0.15) is 0 Å². The van der Waals surface area contributed by atoms with Gasteiger partial charge in [-0.2, -0.15) is 5.06 Å². The van der Waals surface area contributed by atoms with E-state index in [9.17, 15) is 9.59 Å². The van der Waals surface area contributed by atoms with Crippen molar-refractivity contribution in [3.63, 3.8) is 0 Å². The third-order valence-corrected chi connectivity index (χ3v) is 3.81. The molecule has 2 amide bonds. The molecule has 0 atom stereocenters. The fourth-order valence-corrected chi connectivity index (χ4v) is 2.66. The Labute approximate surface area is 140 Å². The number of nitrogens with zero attached hydrogens (tertiary/aromatic N) is 1. The number of thiocarbonyl (C=S) groups is 1. The molecular weight excluding hydrogens is 314 g/mol. The summed E-state index contributed by atoms with van der Waals surface area (Å²) in [6.07, 6.45) is 5.10. The Morgan fingerprint density at radius 2 is 1.83 bits per heavy atom. The minimum absolute atomic E-state index is 0.0344. The number of hydrogen-bond donors (Lipinski definition) is 2. The molecule has 0 saturated heterocycles. The zero-order chi connectivity index (χ0) is 16.8.